The Morgan fingerprint density at radius 1 is 1.28 bits per heavy atom. The summed E-state index contributed by atoms with van der Waals surface area (Å²) in [6.07, 6.45) is 2.98. The minimum absolute atomic E-state index is 0.0139. The Kier molecular flexibility index (Phi) is 5.43. The fraction of sp³-hybridized carbons (Fsp3) is 0.200. The average Bonchev–Trinajstić information content (AvgIpc) is 2.67. The van der Waals surface area contributed by atoms with Crippen LogP contribution in [0.1, 0.15) is 22.8 Å². The van der Waals surface area contributed by atoms with E-state index in [1.54, 1.807) is 6.07 Å². The van der Waals surface area contributed by atoms with Gasteiger partial charge >= 0.3 is 0 Å². The zero-order valence-electron chi connectivity index (χ0n) is 16.1. The average molecular weight is 417 g/mol. The topological polar surface area (TPSA) is 111 Å². The summed E-state index contributed by atoms with van der Waals surface area (Å²) in [5.74, 6) is -1.26. The molecular weight excluding hydrogens is 397 g/mol. The van der Waals surface area contributed by atoms with E-state index in [9.17, 15) is 17.6 Å². The first-order chi connectivity index (χ1) is 13.7. The fourth-order valence-electron chi connectivity index (χ4n) is 3.03. The van der Waals surface area contributed by atoms with Crippen LogP contribution in [0.2, 0.25) is 0 Å². The number of carbonyl (C=O) groups excluding carboxylic acids is 1. The Balaban J connectivity index is 2.32. The van der Waals surface area contributed by atoms with Crippen LogP contribution < -0.4 is 15.8 Å². The van der Waals surface area contributed by atoms with Crippen LogP contribution in [0.4, 0.5) is 15.8 Å². The molecule has 7 nitrogen and oxygen atoms in total. The van der Waals surface area contributed by atoms with Crippen LogP contribution in [-0.4, -0.2) is 32.7 Å². The number of fused-ring (bicyclic) bond motifs is 1. The zero-order valence-corrected chi connectivity index (χ0v) is 16.9. The van der Waals surface area contributed by atoms with Crippen molar-refractivity contribution in [1.29, 1.82) is 0 Å². The summed E-state index contributed by atoms with van der Waals surface area (Å²) in [7, 11) is -2.17. The van der Waals surface area contributed by atoms with E-state index in [1.807, 2.05) is 6.92 Å². The Labute approximate surface area is 167 Å². The lowest BCUT2D eigenvalue weighted by Gasteiger charge is -2.16. The van der Waals surface area contributed by atoms with E-state index >= 15 is 0 Å². The lowest BCUT2D eigenvalue weighted by molar-refractivity contribution is 0.100. The molecule has 152 valence electrons. The van der Waals surface area contributed by atoms with Crippen molar-refractivity contribution in [3.8, 4) is 5.75 Å². The molecule has 3 rings (SSSR count). The van der Waals surface area contributed by atoms with Crippen molar-refractivity contribution in [3.05, 3.63) is 53.5 Å². The molecule has 1 heterocycles. The van der Waals surface area contributed by atoms with Crippen molar-refractivity contribution in [2.45, 2.75) is 18.2 Å². The number of carbonyl (C=O) groups is 1. The molecule has 0 atom stereocenters. The van der Waals surface area contributed by atoms with Gasteiger partial charge in [-0.2, -0.15) is 0 Å². The number of nitrogens with one attached hydrogen (secondary N) is 1. The van der Waals surface area contributed by atoms with E-state index in [4.69, 9.17) is 10.5 Å². The smallest absolute Gasteiger partial charge is 0.252 e. The molecule has 0 fully saturated rings. The highest BCUT2D eigenvalue weighted by Crippen LogP contribution is 2.34. The number of methoxy groups -OCH3 is 1. The molecule has 0 aliphatic heterocycles. The summed E-state index contributed by atoms with van der Waals surface area (Å²) in [6.45, 7) is 1.88. The van der Waals surface area contributed by atoms with Gasteiger partial charge in [0.05, 0.1) is 28.8 Å². The van der Waals surface area contributed by atoms with Crippen molar-refractivity contribution in [2.75, 3.05) is 18.7 Å². The van der Waals surface area contributed by atoms with Gasteiger partial charge in [0.25, 0.3) is 5.91 Å². The minimum atomic E-state index is -3.51. The van der Waals surface area contributed by atoms with Crippen LogP contribution in [0.15, 0.2) is 41.4 Å². The third kappa shape index (κ3) is 4.00. The van der Waals surface area contributed by atoms with Gasteiger partial charge in [-0.05, 0) is 36.2 Å². The molecule has 0 aliphatic rings. The van der Waals surface area contributed by atoms with Crippen LogP contribution in [0.25, 0.3) is 10.9 Å². The summed E-state index contributed by atoms with van der Waals surface area (Å²) in [6, 6.07) is 7.13. The molecule has 3 aromatic rings. The summed E-state index contributed by atoms with van der Waals surface area (Å²) < 4.78 is 43.1. The van der Waals surface area contributed by atoms with Gasteiger partial charge in [-0.3, -0.25) is 9.78 Å². The number of sulfone groups is 1. The van der Waals surface area contributed by atoms with E-state index in [2.05, 4.69) is 10.3 Å². The van der Waals surface area contributed by atoms with Crippen molar-refractivity contribution in [3.63, 3.8) is 0 Å². The highest BCUT2D eigenvalue weighted by molar-refractivity contribution is 7.90. The molecule has 1 aromatic heterocycles. The van der Waals surface area contributed by atoms with Crippen LogP contribution in [0.5, 0.6) is 5.75 Å². The number of pyridine rings is 1. The summed E-state index contributed by atoms with van der Waals surface area (Å²) in [5.41, 5.74) is 7.56. The highest BCUT2D eigenvalue weighted by Gasteiger charge is 2.19. The maximum atomic E-state index is 13.7. The number of primary amides is 1. The Morgan fingerprint density at radius 2 is 2.00 bits per heavy atom. The Morgan fingerprint density at radius 3 is 2.59 bits per heavy atom. The molecule has 0 spiro atoms. The minimum Gasteiger partial charge on any atom is -0.494 e. The second-order valence-electron chi connectivity index (χ2n) is 6.49. The number of nitrogens with two attached hydrogens (primary N) is 1. The van der Waals surface area contributed by atoms with E-state index < -0.39 is 21.6 Å². The maximum Gasteiger partial charge on any atom is 0.252 e. The van der Waals surface area contributed by atoms with Gasteiger partial charge in [-0.1, -0.05) is 6.92 Å². The van der Waals surface area contributed by atoms with Crippen molar-refractivity contribution in [2.24, 2.45) is 5.73 Å². The molecule has 3 N–H and O–H groups in total. The number of aryl methyl sites for hydroxylation is 1. The lowest BCUT2D eigenvalue weighted by Crippen LogP contribution is -2.14. The molecule has 29 heavy (non-hydrogen) atoms. The van der Waals surface area contributed by atoms with E-state index in [-0.39, 0.29) is 21.9 Å². The molecule has 0 saturated carbocycles. The molecular formula is C20H20FN3O4S. The summed E-state index contributed by atoms with van der Waals surface area (Å²) >= 11 is 0. The Bertz CT molecular complexity index is 1230. The van der Waals surface area contributed by atoms with Crippen LogP contribution in [0.3, 0.4) is 0 Å². The van der Waals surface area contributed by atoms with Crippen LogP contribution >= 0.6 is 0 Å². The number of amides is 1. The standard InChI is InChI=1S/C20H20FN3O4S/c1-4-11-7-13(29(3,26)27)9-14-18(11)23-10-15(20(22)25)19(14)24-12-5-6-16(21)17(8-12)28-2/h5-10H,4H2,1-3H3,(H2,22,25)(H,23,24). The number of hydrogen-bond donors (Lipinski definition) is 2. The number of halogens is 1. The monoisotopic (exact) mass is 417 g/mol. The molecule has 0 radical (unpaired) electrons. The predicted octanol–water partition coefficient (Wildman–Crippen LogP) is 3.19. The highest BCUT2D eigenvalue weighted by atomic mass is 32.2. The molecule has 2 aromatic carbocycles. The first-order valence-corrected chi connectivity index (χ1v) is 10.6. The van der Waals surface area contributed by atoms with Gasteiger partial charge in [-0.25, -0.2) is 12.8 Å². The van der Waals surface area contributed by atoms with Gasteiger partial charge in [0.1, 0.15) is 0 Å². The van der Waals surface area contributed by atoms with Gasteiger partial charge in [0.2, 0.25) is 0 Å². The number of aromatic nitrogens is 1. The van der Waals surface area contributed by atoms with Gasteiger partial charge in [0.15, 0.2) is 21.4 Å². The molecule has 0 bridgehead atoms. The third-order valence-corrected chi connectivity index (χ3v) is 5.61. The normalized spacial score (nSPS) is 11.4. The quantitative estimate of drug-likeness (QED) is 0.637. The molecule has 0 saturated heterocycles. The van der Waals surface area contributed by atoms with Crippen molar-refractivity contribution in [1.82, 2.24) is 4.98 Å². The van der Waals surface area contributed by atoms with Gasteiger partial charge in [-0.15, -0.1) is 0 Å². The lowest BCUT2D eigenvalue weighted by atomic mass is 10.0. The van der Waals surface area contributed by atoms with Crippen molar-refractivity contribution >= 4 is 38.0 Å². The van der Waals surface area contributed by atoms with Crippen molar-refractivity contribution < 1.29 is 22.3 Å². The number of anilines is 2. The molecule has 1 amide bonds. The van der Waals surface area contributed by atoms with Gasteiger partial charge in [0, 0.05) is 29.6 Å². The second kappa shape index (κ2) is 7.67. The molecule has 9 heteroatoms. The maximum absolute atomic E-state index is 13.7. The van der Waals surface area contributed by atoms with E-state index in [0.717, 1.165) is 6.26 Å². The van der Waals surface area contributed by atoms with Gasteiger partial charge < -0.3 is 15.8 Å². The molecule has 0 unspecified atom stereocenters. The third-order valence-electron chi connectivity index (χ3n) is 4.52. The first-order valence-electron chi connectivity index (χ1n) is 8.71. The number of ether oxygens (including phenoxy) is 1. The summed E-state index contributed by atoms with van der Waals surface area (Å²) in [4.78, 5) is 16.4. The number of nitrogens with zero attached hydrogens (tertiary/aromatic N) is 1. The SMILES string of the molecule is CCc1cc(S(C)(=O)=O)cc2c(Nc3ccc(F)c(OC)c3)c(C(N)=O)cnc12. The fourth-order valence-corrected chi connectivity index (χ4v) is 3.72. The molecule has 0 aliphatic carbocycles. The predicted molar refractivity (Wildman–Crippen MR) is 109 cm³/mol. The second-order valence-corrected chi connectivity index (χ2v) is 8.51. The largest absolute Gasteiger partial charge is 0.494 e. The number of hydrogen-bond acceptors (Lipinski definition) is 6. The van der Waals surface area contributed by atoms with Crippen LogP contribution in [0, 0.1) is 5.82 Å². The number of benzene rings is 2. The Hall–Kier alpha value is -3.20. The number of rotatable bonds is 6. The first kappa shape index (κ1) is 20.5. The summed E-state index contributed by atoms with van der Waals surface area (Å²) in [5, 5.41) is 3.47. The van der Waals surface area contributed by atoms with E-state index in [1.165, 1.54) is 37.6 Å². The zero-order chi connectivity index (χ0) is 21.3. The van der Waals surface area contributed by atoms with E-state index in [0.29, 0.717) is 28.6 Å². The van der Waals surface area contributed by atoms with Crippen LogP contribution in [-0.2, 0) is 16.3 Å².